The summed E-state index contributed by atoms with van der Waals surface area (Å²) in [5.41, 5.74) is 0.627. The molecule has 0 unspecified atom stereocenters. The van der Waals surface area contributed by atoms with Crippen molar-refractivity contribution in [2.24, 2.45) is 0 Å². The zero-order chi connectivity index (χ0) is 16.4. The fourth-order valence-corrected chi connectivity index (χ4v) is 3.83. The summed E-state index contributed by atoms with van der Waals surface area (Å²) in [4.78, 5) is 12.8. The molecule has 1 aromatic heterocycles. The van der Waals surface area contributed by atoms with Crippen LogP contribution in [0.4, 0.5) is 5.69 Å². The minimum Gasteiger partial charge on any atom is -0.331 e. The Balaban J connectivity index is 1.77. The molecule has 2 aromatic carbocycles. The van der Waals surface area contributed by atoms with Gasteiger partial charge in [0.15, 0.2) is 5.11 Å². The third-order valence-electron chi connectivity index (χ3n) is 3.09. The average Bonchev–Trinajstić information content (AvgIpc) is 2.87. The number of nitrogens with one attached hydrogen (secondary N) is 2. The smallest absolute Gasteiger partial charge is 0.269 e. The van der Waals surface area contributed by atoms with Gasteiger partial charge in [-0.3, -0.25) is 10.1 Å². The van der Waals surface area contributed by atoms with Gasteiger partial charge >= 0.3 is 0 Å². The van der Waals surface area contributed by atoms with Crippen LogP contribution in [-0.4, -0.2) is 11.0 Å². The highest BCUT2D eigenvalue weighted by Gasteiger charge is 2.18. The minimum absolute atomic E-state index is 0.164. The lowest BCUT2D eigenvalue weighted by atomic mass is 10.2. The van der Waals surface area contributed by atoms with E-state index in [9.17, 15) is 4.79 Å². The predicted molar refractivity (Wildman–Crippen MR) is 102 cm³/mol. The van der Waals surface area contributed by atoms with E-state index >= 15 is 0 Å². The van der Waals surface area contributed by atoms with Crippen LogP contribution in [0.5, 0.6) is 0 Å². The number of carbonyl (C=O) groups excluding carboxylic acids is 1. The van der Waals surface area contributed by atoms with Crippen LogP contribution in [0.1, 0.15) is 9.67 Å². The molecule has 23 heavy (non-hydrogen) atoms. The van der Waals surface area contributed by atoms with Crippen molar-refractivity contribution in [3.05, 3.63) is 63.5 Å². The lowest BCUT2D eigenvalue weighted by molar-refractivity contribution is 0.0982. The maximum atomic E-state index is 12.4. The SMILES string of the molecule is O=C(NC(=S)Nc1ccccc1Cl)c1sc2ccccc2c1Cl. The number of halogens is 2. The van der Waals surface area contributed by atoms with E-state index in [1.54, 1.807) is 12.1 Å². The number of fused-ring (bicyclic) bond motifs is 1. The highest BCUT2D eigenvalue weighted by atomic mass is 35.5. The molecule has 2 N–H and O–H groups in total. The Labute approximate surface area is 152 Å². The molecule has 3 aromatic rings. The summed E-state index contributed by atoms with van der Waals surface area (Å²) in [6.07, 6.45) is 0. The first-order chi connectivity index (χ1) is 11.1. The van der Waals surface area contributed by atoms with Gasteiger partial charge in [0.2, 0.25) is 0 Å². The standard InChI is InChI=1S/C16H10Cl2N2OS2/c17-10-6-2-3-7-11(10)19-16(22)20-15(21)14-13(18)9-5-1-4-8-12(9)23-14/h1-8H,(H2,19,20,21,22). The van der Waals surface area contributed by atoms with Crippen LogP contribution >= 0.6 is 46.8 Å². The fraction of sp³-hybridized carbons (Fsp3) is 0. The number of rotatable bonds is 2. The predicted octanol–water partition coefficient (Wildman–Crippen LogP) is 5.33. The zero-order valence-electron chi connectivity index (χ0n) is 11.6. The number of hydrogen-bond acceptors (Lipinski definition) is 3. The Morgan fingerprint density at radius 1 is 1.04 bits per heavy atom. The van der Waals surface area contributed by atoms with E-state index in [-0.39, 0.29) is 11.0 Å². The molecule has 0 bridgehead atoms. The summed E-state index contributed by atoms with van der Waals surface area (Å²) in [7, 11) is 0. The molecular formula is C16H10Cl2N2OS2. The summed E-state index contributed by atoms with van der Waals surface area (Å²) in [5, 5.41) is 7.49. The molecule has 3 nitrogen and oxygen atoms in total. The van der Waals surface area contributed by atoms with E-state index in [1.165, 1.54) is 11.3 Å². The first-order valence-electron chi connectivity index (χ1n) is 6.60. The van der Waals surface area contributed by atoms with Crippen molar-refractivity contribution in [3.8, 4) is 0 Å². The molecule has 3 rings (SSSR count). The number of amides is 1. The number of benzene rings is 2. The Kier molecular flexibility index (Phi) is 4.82. The monoisotopic (exact) mass is 380 g/mol. The Bertz CT molecular complexity index is 908. The Morgan fingerprint density at radius 2 is 1.74 bits per heavy atom. The second-order valence-corrected chi connectivity index (χ2v) is 6.88. The molecule has 0 aliphatic rings. The summed E-state index contributed by atoms with van der Waals surface area (Å²) >= 11 is 18.8. The maximum Gasteiger partial charge on any atom is 0.269 e. The topological polar surface area (TPSA) is 41.1 Å². The van der Waals surface area contributed by atoms with Crippen LogP contribution in [0.25, 0.3) is 10.1 Å². The van der Waals surface area contributed by atoms with Gasteiger partial charge in [0.05, 0.1) is 15.7 Å². The van der Waals surface area contributed by atoms with Gasteiger partial charge in [-0.15, -0.1) is 11.3 Å². The van der Waals surface area contributed by atoms with E-state index in [4.69, 9.17) is 35.4 Å². The van der Waals surface area contributed by atoms with E-state index in [2.05, 4.69) is 10.6 Å². The lowest BCUT2D eigenvalue weighted by Crippen LogP contribution is -2.33. The Hall–Kier alpha value is -1.66. The third kappa shape index (κ3) is 3.48. The maximum absolute atomic E-state index is 12.4. The highest BCUT2D eigenvalue weighted by molar-refractivity contribution is 7.80. The Morgan fingerprint density at radius 3 is 2.48 bits per heavy atom. The summed E-state index contributed by atoms with van der Waals surface area (Å²) in [6.45, 7) is 0. The molecule has 116 valence electrons. The van der Waals surface area contributed by atoms with Gasteiger partial charge in [0, 0.05) is 10.1 Å². The molecule has 0 saturated carbocycles. The largest absolute Gasteiger partial charge is 0.331 e. The van der Waals surface area contributed by atoms with Crippen LogP contribution in [0.2, 0.25) is 10.0 Å². The quantitative estimate of drug-likeness (QED) is 0.589. The molecule has 0 radical (unpaired) electrons. The zero-order valence-corrected chi connectivity index (χ0v) is 14.7. The van der Waals surface area contributed by atoms with Crippen molar-refractivity contribution in [3.63, 3.8) is 0 Å². The van der Waals surface area contributed by atoms with Crippen LogP contribution in [0, 0.1) is 0 Å². The number of thiophene rings is 1. The van der Waals surface area contributed by atoms with Gasteiger partial charge in [-0.2, -0.15) is 0 Å². The van der Waals surface area contributed by atoms with Crippen molar-refractivity contribution in [2.75, 3.05) is 5.32 Å². The van der Waals surface area contributed by atoms with Crippen LogP contribution in [0.3, 0.4) is 0 Å². The highest BCUT2D eigenvalue weighted by Crippen LogP contribution is 2.35. The molecule has 0 aliphatic heterocycles. The second-order valence-electron chi connectivity index (χ2n) is 4.63. The van der Waals surface area contributed by atoms with Crippen LogP contribution in [0.15, 0.2) is 48.5 Å². The van der Waals surface area contributed by atoms with E-state index in [0.29, 0.717) is 20.6 Å². The first-order valence-corrected chi connectivity index (χ1v) is 8.58. The van der Waals surface area contributed by atoms with Gasteiger partial charge in [-0.05, 0) is 30.4 Å². The number of thiocarbonyl (C=S) groups is 1. The minimum atomic E-state index is -0.347. The van der Waals surface area contributed by atoms with E-state index in [1.807, 2.05) is 36.4 Å². The molecule has 1 heterocycles. The second kappa shape index (κ2) is 6.84. The molecule has 7 heteroatoms. The molecule has 0 spiro atoms. The summed E-state index contributed by atoms with van der Waals surface area (Å²) in [5.74, 6) is -0.347. The molecule has 0 aliphatic carbocycles. The van der Waals surface area contributed by atoms with E-state index < -0.39 is 0 Å². The molecular weight excluding hydrogens is 371 g/mol. The fourth-order valence-electron chi connectivity index (χ4n) is 2.04. The van der Waals surface area contributed by atoms with Gasteiger partial charge in [0.25, 0.3) is 5.91 Å². The van der Waals surface area contributed by atoms with Crippen LogP contribution < -0.4 is 10.6 Å². The summed E-state index contributed by atoms with van der Waals surface area (Å²) in [6, 6.07) is 14.7. The number of carbonyl (C=O) groups is 1. The van der Waals surface area contributed by atoms with Crippen molar-refractivity contribution in [1.82, 2.24) is 5.32 Å². The average molecular weight is 381 g/mol. The van der Waals surface area contributed by atoms with Gasteiger partial charge < -0.3 is 5.32 Å². The summed E-state index contributed by atoms with van der Waals surface area (Å²) < 4.78 is 0.952. The molecule has 0 atom stereocenters. The third-order valence-corrected chi connectivity index (χ3v) is 5.30. The number of hydrogen-bond donors (Lipinski definition) is 2. The molecule has 0 fully saturated rings. The normalized spacial score (nSPS) is 10.5. The van der Waals surface area contributed by atoms with E-state index in [0.717, 1.165) is 10.1 Å². The van der Waals surface area contributed by atoms with Gasteiger partial charge in [-0.1, -0.05) is 53.5 Å². The van der Waals surface area contributed by atoms with Gasteiger partial charge in [0.1, 0.15) is 4.88 Å². The number of anilines is 1. The van der Waals surface area contributed by atoms with Crippen molar-refractivity contribution in [1.29, 1.82) is 0 Å². The lowest BCUT2D eigenvalue weighted by Gasteiger charge is -2.10. The van der Waals surface area contributed by atoms with Crippen molar-refractivity contribution in [2.45, 2.75) is 0 Å². The first kappa shape index (κ1) is 16.2. The van der Waals surface area contributed by atoms with Crippen molar-refractivity contribution < 1.29 is 4.79 Å². The van der Waals surface area contributed by atoms with Crippen molar-refractivity contribution >= 4 is 73.5 Å². The van der Waals surface area contributed by atoms with Crippen LogP contribution in [-0.2, 0) is 0 Å². The molecule has 1 amide bonds. The molecule has 0 saturated heterocycles. The van der Waals surface area contributed by atoms with Gasteiger partial charge in [-0.25, -0.2) is 0 Å². The number of para-hydroxylation sites is 1.